The standard InChI is InChI=1S/C7H11N3O3/c1-7(2,12)5-4(6(11)13-3)8-10-9-5/h12H,1-3H3,(H,8,9,10). The molecule has 0 unspecified atom stereocenters. The Balaban J connectivity index is 3.10. The van der Waals surface area contributed by atoms with Crippen LogP contribution < -0.4 is 0 Å². The normalized spacial score (nSPS) is 11.4. The van der Waals surface area contributed by atoms with Gasteiger partial charge in [0.05, 0.1) is 7.11 Å². The third-order valence-corrected chi connectivity index (χ3v) is 1.51. The number of carbonyl (C=O) groups excluding carboxylic acids is 1. The molecule has 0 saturated heterocycles. The summed E-state index contributed by atoms with van der Waals surface area (Å²) >= 11 is 0. The van der Waals surface area contributed by atoms with Gasteiger partial charge in [0.15, 0.2) is 5.69 Å². The molecule has 0 aliphatic rings. The van der Waals surface area contributed by atoms with E-state index in [0.717, 1.165) is 0 Å². The first-order valence-corrected chi connectivity index (χ1v) is 3.68. The summed E-state index contributed by atoms with van der Waals surface area (Å²) in [6.45, 7) is 3.02. The molecule has 13 heavy (non-hydrogen) atoms. The summed E-state index contributed by atoms with van der Waals surface area (Å²) in [7, 11) is 1.24. The second kappa shape index (κ2) is 3.14. The van der Waals surface area contributed by atoms with Crippen LogP contribution in [-0.2, 0) is 10.3 Å². The zero-order chi connectivity index (χ0) is 10.1. The number of carbonyl (C=O) groups is 1. The molecule has 0 aliphatic carbocycles. The zero-order valence-electron chi connectivity index (χ0n) is 7.66. The Kier molecular flexibility index (Phi) is 2.33. The summed E-state index contributed by atoms with van der Waals surface area (Å²) in [4.78, 5) is 11.1. The molecule has 0 amide bonds. The van der Waals surface area contributed by atoms with E-state index < -0.39 is 11.6 Å². The molecule has 0 saturated carbocycles. The van der Waals surface area contributed by atoms with Crippen molar-refractivity contribution >= 4 is 5.97 Å². The van der Waals surface area contributed by atoms with Crippen LogP contribution >= 0.6 is 0 Å². The average Bonchev–Trinajstić information content (AvgIpc) is 2.49. The van der Waals surface area contributed by atoms with Crippen LogP contribution in [0.3, 0.4) is 0 Å². The number of hydrogen-bond acceptors (Lipinski definition) is 5. The molecule has 0 atom stereocenters. The quantitative estimate of drug-likeness (QED) is 0.624. The minimum absolute atomic E-state index is 0.00926. The maximum atomic E-state index is 11.1. The smallest absolute Gasteiger partial charge is 0.360 e. The van der Waals surface area contributed by atoms with Crippen molar-refractivity contribution in [2.75, 3.05) is 7.11 Å². The molecule has 0 spiro atoms. The number of nitrogens with one attached hydrogen (secondary N) is 1. The van der Waals surface area contributed by atoms with Gasteiger partial charge in [0.25, 0.3) is 0 Å². The molecule has 1 aromatic heterocycles. The molecular formula is C7H11N3O3. The topological polar surface area (TPSA) is 88.1 Å². The van der Waals surface area contributed by atoms with Crippen LogP contribution in [0.5, 0.6) is 0 Å². The highest BCUT2D eigenvalue weighted by Gasteiger charge is 2.28. The maximum absolute atomic E-state index is 11.1. The molecule has 6 nitrogen and oxygen atoms in total. The van der Waals surface area contributed by atoms with Crippen LogP contribution in [0.1, 0.15) is 30.0 Å². The van der Waals surface area contributed by atoms with Crippen LogP contribution in [0.25, 0.3) is 0 Å². The van der Waals surface area contributed by atoms with E-state index in [2.05, 4.69) is 20.1 Å². The maximum Gasteiger partial charge on any atom is 0.360 e. The summed E-state index contributed by atoms with van der Waals surface area (Å²) in [5, 5.41) is 19.1. The first-order valence-electron chi connectivity index (χ1n) is 3.68. The van der Waals surface area contributed by atoms with Gasteiger partial charge in [0, 0.05) is 0 Å². The lowest BCUT2D eigenvalue weighted by atomic mass is 10.0. The van der Waals surface area contributed by atoms with E-state index in [9.17, 15) is 9.90 Å². The molecule has 1 rings (SSSR count). The molecule has 2 N–H and O–H groups in total. The summed E-state index contributed by atoms with van der Waals surface area (Å²) in [6.07, 6.45) is 0. The fourth-order valence-electron chi connectivity index (χ4n) is 0.896. The average molecular weight is 185 g/mol. The lowest BCUT2D eigenvalue weighted by Crippen LogP contribution is -2.20. The summed E-state index contributed by atoms with van der Waals surface area (Å²) < 4.78 is 4.46. The van der Waals surface area contributed by atoms with Crippen LogP contribution in [0, 0.1) is 0 Å². The van der Waals surface area contributed by atoms with Gasteiger partial charge in [-0.25, -0.2) is 4.79 Å². The van der Waals surface area contributed by atoms with Crippen LogP contribution in [0.4, 0.5) is 0 Å². The number of nitrogens with zero attached hydrogens (tertiary/aromatic N) is 2. The molecule has 0 fully saturated rings. The number of aromatic amines is 1. The van der Waals surface area contributed by atoms with Crippen molar-refractivity contribution in [2.45, 2.75) is 19.4 Å². The lowest BCUT2D eigenvalue weighted by Gasteiger charge is -2.13. The minimum Gasteiger partial charge on any atom is -0.464 e. The largest absolute Gasteiger partial charge is 0.464 e. The van der Waals surface area contributed by atoms with Gasteiger partial charge in [0.1, 0.15) is 11.3 Å². The third-order valence-electron chi connectivity index (χ3n) is 1.51. The van der Waals surface area contributed by atoms with Crippen LogP contribution in [0.2, 0.25) is 0 Å². The van der Waals surface area contributed by atoms with Gasteiger partial charge >= 0.3 is 5.97 Å². The molecule has 6 heteroatoms. The number of ether oxygens (including phenoxy) is 1. The van der Waals surface area contributed by atoms with Gasteiger partial charge < -0.3 is 9.84 Å². The van der Waals surface area contributed by atoms with Crippen molar-refractivity contribution in [1.82, 2.24) is 15.4 Å². The number of esters is 1. The SMILES string of the molecule is COC(=O)c1n[nH]nc1C(C)(C)O. The van der Waals surface area contributed by atoms with E-state index in [1.165, 1.54) is 21.0 Å². The third kappa shape index (κ3) is 1.83. The fraction of sp³-hybridized carbons (Fsp3) is 0.571. The Morgan fingerprint density at radius 1 is 1.54 bits per heavy atom. The number of hydrogen-bond donors (Lipinski definition) is 2. The van der Waals surface area contributed by atoms with Crippen LogP contribution in [-0.4, -0.2) is 33.6 Å². The van der Waals surface area contributed by atoms with E-state index in [1.807, 2.05) is 0 Å². The molecular weight excluding hydrogens is 174 g/mol. The monoisotopic (exact) mass is 185 g/mol. The molecule has 0 bridgehead atoms. The molecule has 1 aromatic rings. The summed E-state index contributed by atoms with van der Waals surface area (Å²) in [6, 6.07) is 0. The Hall–Kier alpha value is -1.43. The number of methoxy groups -OCH3 is 1. The second-order valence-electron chi connectivity index (χ2n) is 3.07. The second-order valence-corrected chi connectivity index (χ2v) is 3.07. The minimum atomic E-state index is -1.21. The van der Waals surface area contributed by atoms with E-state index >= 15 is 0 Å². The summed E-state index contributed by atoms with van der Waals surface area (Å²) in [5.74, 6) is -0.620. The molecule has 0 aromatic carbocycles. The van der Waals surface area contributed by atoms with Crippen molar-refractivity contribution in [2.24, 2.45) is 0 Å². The van der Waals surface area contributed by atoms with Gasteiger partial charge in [-0.05, 0) is 13.8 Å². The van der Waals surface area contributed by atoms with Gasteiger partial charge in [-0.3, -0.25) is 0 Å². The van der Waals surface area contributed by atoms with Gasteiger partial charge in [-0.2, -0.15) is 10.3 Å². The number of H-pyrrole nitrogens is 1. The predicted octanol–water partition coefficient (Wildman–Crippen LogP) is -0.181. The molecule has 0 radical (unpaired) electrons. The number of rotatable bonds is 2. The number of aromatic nitrogens is 3. The highest BCUT2D eigenvalue weighted by molar-refractivity contribution is 5.88. The summed E-state index contributed by atoms with van der Waals surface area (Å²) in [5.41, 5.74) is -1.02. The van der Waals surface area contributed by atoms with E-state index in [0.29, 0.717) is 0 Å². The first-order chi connectivity index (χ1) is 5.96. The van der Waals surface area contributed by atoms with E-state index in [1.54, 1.807) is 0 Å². The van der Waals surface area contributed by atoms with Gasteiger partial charge in [-0.15, -0.1) is 5.10 Å². The fourth-order valence-corrected chi connectivity index (χ4v) is 0.896. The van der Waals surface area contributed by atoms with Crippen molar-refractivity contribution in [1.29, 1.82) is 0 Å². The molecule has 0 aliphatic heterocycles. The first kappa shape index (κ1) is 9.66. The lowest BCUT2D eigenvalue weighted by molar-refractivity contribution is 0.0538. The van der Waals surface area contributed by atoms with Crippen molar-refractivity contribution in [3.63, 3.8) is 0 Å². The highest BCUT2D eigenvalue weighted by atomic mass is 16.5. The molecule has 1 heterocycles. The van der Waals surface area contributed by atoms with Gasteiger partial charge in [-0.1, -0.05) is 0 Å². The van der Waals surface area contributed by atoms with Gasteiger partial charge in [0.2, 0.25) is 0 Å². The highest BCUT2D eigenvalue weighted by Crippen LogP contribution is 2.19. The van der Waals surface area contributed by atoms with E-state index in [-0.39, 0.29) is 11.4 Å². The van der Waals surface area contributed by atoms with Crippen molar-refractivity contribution in [3.8, 4) is 0 Å². The Morgan fingerprint density at radius 2 is 2.15 bits per heavy atom. The van der Waals surface area contributed by atoms with E-state index in [4.69, 9.17) is 0 Å². The Bertz CT molecular complexity index is 313. The predicted molar refractivity (Wildman–Crippen MR) is 43.0 cm³/mol. The number of aliphatic hydroxyl groups is 1. The Labute approximate surface area is 74.9 Å². The van der Waals surface area contributed by atoms with Crippen LogP contribution in [0.15, 0.2) is 0 Å². The van der Waals surface area contributed by atoms with Crippen molar-refractivity contribution < 1.29 is 14.6 Å². The van der Waals surface area contributed by atoms with Crippen molar-refractivity contribution in [3.05, 3.63) is 11.4 Å². The zero-order valence-corrected chi connectivity index (χ0v) is 7.66. The Morgan fingerprint density at radius 3 is 2.62 bits per heavy atom. The molecule has 72 valence electrons.